The van der Waals surface area contributed by atoms with E-state index in [1.807, 2.05) is 18.2 Å². The molecule has 3 aromatic rings. The summed E-state index contributed by atoms with van der Waals surface area (Å²) < 4.78 is 18.7. The molecule has 1 N–H and O–H groups in total. The number of hydrazine groups is 1. The first-order valence-corrected chi connectivity index (χ1v) is 11.6. The smallest absolute Gasteiger partial charge is 0.334 e. The number of fused-ring (bicyclic) bond motifs is 1. The lowest BCUT2D eigenvalue weighted by Crippen LogP contribution is -2.73. The van der Waals surface area contributed by atoms with Gasteiger partial charge < -0.3 is 19.5 Å². The van der Waals surface area contributed by atoms with Crippen LogP contribution in [0.5, 0.6) is 0 Å². The highest BCUT2D eigenvalue weighted by atomic mass is 19.1. The van der Waals surface area contributed by atoms with Crippen LogP contribution in [-0.4, -0.2) is 64.0 Å². The minimum Gasteiger partial charge on any atom is -0.467 e. The minimum absolute atomic E-state index is 0.0603. The third-order valence-corrected chi connectivity index (χ3v) is 6.44. The number of likely N-dealkylation sites (N-methyl/N-ethyl adjacent to an activating group) is 1. The Labute approximate surface area is 207 Å². The molecule has 36 heavy (non-hydrogen) atoms. The number of urea groups is 1. The van der Waals surface area contributed by atoms with Gasteiger partial charge >= 0.3 is 6.03 Å². The van der Waals surface area contributed by atoms with Gasteiger partial charge in [0.05, 0.1) is 25.9 Å². The van der Waals surface area contributed by atoms with Crippen LogP contribution in [0.2, 0.25) is 0 Å². The summed E-state index contributed by atoms with van der Waals surface area (Å²) in [6.07, 6.45) is 0.806. The Morgan fingerprint density at radius 2 is 1.81 bits per heavy atom. The summed E-state index contributed by atoms with van der Waals surface area (Å²) in [6.45, 7) is 0.446. The van der Waals surface area contributed by atoms with Gasteiger partial charge in [0.15, 0.2) is 0 Å². The van der Waals surface area contributed by atoms with Gasteiger partial charge in [-0.3, -0.25) is 9.59 Å². The average molecular weight is 492 g/mol. The van der Waals surface area contributed by atoms with Crippen LogP contribution in [0.15, 0.2) is 77.4 Å². The molecule has 2 aliphatic heterocycles. The molecule has 0 aliphatic carbocycles. The largest absolute Gasteiger partial charge is 0.467 e. The van der Waals surface area contributed by atoms with Gasteiger partial charge in [-0.15, -0.1) is 0 Å². The van der Waals surface area contributed by atoms with Gasteiger partial charge in [-0.25, -0.2) is 19.2 Å². The first-order chi connectivity index (χ1) is 17.4. The van der Waals surface area contributed by atoms with Crippen molar-refractivity contribution < 1.29 is 23.2 Å². The van der Waals surface area contributed by atoms with E-state index >= 15 is 0 Å². The number of halogens is 1. The molecule has 2 aliphatic rings. The molecule has 2 atom stereocenters. The molecule has 0 radical (unpaired) electrons. The van der Waals surface area contributed by atoms with E-state index in [-0.39, 0.29) is 43.8 Å². The van der Waals surface area contributed by atoms with Crippen molar-refractivity contribution in [2.24, 2.45) is 0 Å². The SMILES string of the molecule is CN1CC(=O)N2[C@@H](c3ccccc3)C(=O)N(Cc3ccco3)C[C@@H]2N1C(=O)NCc1ccc(F)cc1. The molecule has 5 rings (SSSR count). The molecule has 186 valence electrons. The van der Waals surface area contributed by atoms with Gasteiger partial charge in [-0.2, -0.15) is 0 Å². The number of nitrogens with one attached hydrogen (secondary N) is 1. The summed E-state index contributed by atoms with van der Waals surface area (Å²) in [6, 6.07) is 17.2. The van der Waals surface area contributed by atoms with Gasteiger partial charge in [0.2, 0.25) is 5.91 Å². The zero-order chi connectivity index (χ0) is 25.2. The predicted molar refractivity (Wildman–Crippen MR) is 127 cm³/mol. The van der Waals surface area contributed by atoms with E-state index in [2.05, 4.69) is 5.32 Å². The van der Waals surface area contributed by atoms with Crippen molar-refractivity contribution in [1.29, 1.82) is 0 Å². The van der Waals surface area contributed by atoms with Crippen molar-refractivity contribution in [3.05, 3.63) is 95.7 Å². The molecule has 0 bridgehead atoms. The van der Waals surface area contributed by atoms with Crippen LogP contribution in [0.1, 0.15) is 22.9 Å². The maximum atomic E-state index is 13.7. The molecule has 9 nitrogen and oxygen atoms in total. The first-order valence-electron chi connectivity index (χ1n) is 11.6. The normalized spacial score (nSPS) is 20.4. The van der Waals surface area contributed by atoms with Crippen molar-refractivity contribution in [1.82, 2.24) is 25.1 Å². The van der Waals surface area contributed by atoms with Gasteiger partial charge in [-0.1, -0.05) is 42.5 Å². The van der Waals surface area contributed by atoms with E-state index < -0.39 is 18.2 Å². The second-order valence-electron chi connectivity index (χ2n) is 8.84. The summed E-state index contributed by atoms with van der Waals surface area (Å²) in [7, 11) is 1.66. The van der Waals surface area contributed by atoms with Crippen molar-refractivity contribution in [3.63, 3.8) is 0 Å². The number of carbonyl (C=O) groups excluding carboxylic acids is 3. The standard InChI is InChI=1S/C26H26FN5O4/c1-29-17-23(33)31-22(32(29)26(35)28-14-18-9-11-20(27)12-10-18)16-30(15-21-8-5-13-36-21)25(34)24(31)19-6-3-2-4-7-19/h2-13,22,24H,14-17H2,1H3,(H,28,35)/t22-,24-/m0/s1. The average Bonchev–Trinajstić information content (AvgIpc) is 3.38. The maximum Gasteiger partial charge on any atom is 0.334 e. The molecule has 4 amide bonds. The van der Waals surface area contributed by atoms with Crippen molar-refractivity contribution in [2.45, 2.75) is 25.3 Å². The molecule has 0 saturated carbocycles. The lowest BCUT2D eigenvalue weighted by molar-refractivity contribution is -0.188. The number of rotatable bonds is 5. The van der Waals surface area contributed by atoms with Crippen LogP contribution in [-0.2, 0) is 22.7 Å². The van der Waals surface area contributed by atoms with Crippen LogP contribution in [0, 0.1) is 5.82 Å². The fourth-order valence-electron chi connectivity index (χ4n) is 4.75. The molecule has 3 heterocycles. The lowest BCUT2D eigenvalue weighted by Gasteiger charge is -2.54. The molecule has 2 aromatic carbocycles. The second-order valence-corrected chi connectivity index (χ2v) is 8.84. The Balaban J connectivity index is 1.46. The monoisotopic (exact) mass is 491 g/mol. The highest BCUT2D eigenvalue weighted by Crippen LogP contribution is 2.35. The fraction of sp³-hybridized carbons (Fsp3) is 0.269. The summed E-state index contributed by atoms with van der Waals surface area (Å²) in [5.74, 6) is -0.236. The number of amides is 4. The quantitative estimate of drug-likeness (QED) is 0.593. The summed E-state index contributed by atoms with van der Waals surface area (Å²) >= 11 is 0. The number of furan rings is 1. The van der Waals surface area contributed by atoms with E-state index in [0.717, 1.165) is 5.56 Å². The zero-order valence-corrected chi connectivity index (χ0v) is 19.7. The molecule has 0 spiro atoms. The van der Waals surface area contributed by atoms with Gasteiger partial charge in [-0.05, 0) is 35.4 Å². The van der Waals surface area contributed by atoms with E-state index in [1.54, 1.807) is 53.4 Å². The Morgan fingerprint density at radius 1 is 1.06 bits per heavy atom. The third-order valence-electron chi connectivity index (χ3n) is 6.44. The summed E-state index contributed by atoms with van der Waals surface area (Å²) in [4.78, 5) is 43.5. The Hall–Kier alpha value is -4.18. The van der Waals surface area contributed by atoms with Crippen LogP contribution in [0.4, 0.5) is 9.18 Å². The number of piperazine rings is 1. The summed E-state index contributed by atoms with van der Waals surface area (Å²) in [5.41, 5.74) is 1.40. The van der Waals surface area contributed by atoms with Crippen LogP contribution in [0.3, 0.4) is 0 Å². The predicted octanol–water partition coefficient (Wildman–Crippen LogP) is 2.73. The van der Waals surface area contributed by atoms with Crippen LogP contribution < -0.4 is 5.32 Å². The van der Waals surface area contributed by atoms with E-state index in [9.17, 15) is 18.8 Å². The molecule has 2 fully saturated rings. The lowest BCUT2D eigenvalue weighted by atomic mass is 9.98. The molecule has 2 saturated heterocycles. The molecular formula is C26H26FN5O4. The Morgan fingerprint density at radius 3 is 2.50 bits per heavy atom. The number of nitrogens with zero attached hydrogens (tertiary/aromatic N) is 4. The topological polar surface area (TPSA) is 89.3 Å². The number of benzene rings is 2. The minimum atomic E-state index is -0.881. The molecule has 0 unspecified atom stereocenters. The highest BCUT2D eigenvalue weighted by Gasteiger charge is 2.51. The molecule has 1 aromatic heterocycles. The van der Waals surface area contributed by atoms with E-state index in [1.165, 1.54) is 28.3 Å². The zero-order valence-electron chi connectivity index (χ0n) is 19.7. The van der Waals surface area contributed by atoms with Crippen LogP contribution in [0.25, 0.3) is 0 Å². The van der Waals surface area contributed by atoms with Crippen LogP contribution >= 0.6 is 0 Å². The first kappa shape index (κ1) is 23.6. The second kappa shape index (κ2) is 9.82. The summed E-state index contributed by atoms with van der Waals surface area (Å²) in [5, 5.41) is 5.89. The third kappa shape index (κ3) is 4.55. The van der Waals surface area contributed by atoms with Gasteiger partial charge in [0.1, 0.15) is 23.8 Å². The van der Waals surface area contributed by atoms with Crippen molar-refractivity contribution >= 4 is 17.8 Å². The van der Waals surface area contributed by atoms with Crippen molar-refractivity contribution in [2.75, 3.05) is 20.1 Å². The number of hydrogen-bond acceptors (Lipinski definition) is 5. The van der Waals surface area contributed by atoms with Gasteiger partial charge in [0.25, 0.3) is 5.91 Å². The van der Waals surface area contributed by atoms with E-state index in [0.29, 0.717) is 11.3 Å². The number of carbonyl (C=O) groups is 3. The number of hydrogen-bond donors (Lipinski definition) is 1. The van der Waals surface area contributed by atoms with Gasteiger partial charge in [0, 0.05) is 13.6 Å². The Bertz CT molecular complexity index is 1230. The molecule has 10 heteroatoms. The van der Waals surface area contributed by atoms with E-state index in [4.69, 9.17) is 4.42 Å². The maximum absolute atomic E-state index is 13.7. The van der Waals surface area contributed by atoms with Crippen molar-refractivity contribution in [3.8, 4) is 0 Å². The fourth-order valence-corrected chi connectivity index (χ4v) is 4.75. The highest BCUT2D eigenvalue weighted by molar-refractivity contribution is 5.92. The Kier molecular flexibility index (Phi) is 6.43. The molecular weight excluding hydrogens is 465 g/mol.